The predicted octanol–water partition coefficient (Wildman–Crippen LogP) is 0.935. The van der Waals surface area contributed by atoms with Crippen molar-refractivity contribution in [2.24, 2.45) is 0 Å². The number of nitrogens with zero attached hydrogens (tertiary/aromatic N) is 2. The number of ether oxygens (including phenoxy) is 3. The maximum atomic E-state index is 11.6. The van der Waals surface area contributed by atoms with E-state index in [0.717, 1.165) is 18.4 Å². The zero-order valence-electron chi connectivity index (χ0n) is 17.3. The summed E-state index contributed by atoms with van der Waals surface area (Å²) in [5.74, 6) is -1.93. The molecule has 10 nitrogen and oxygen atoms in total. The molecule has 1 rings (SSSR count). The molecule has 0 atom stereocenters. The molecule has 1 heterocycles. The lowest BCUT2D eigenvalue weighted by molar-refractivity contribution is -0.141. The summed E-state index contributed by atoms with van der Waals surface area (Å²) in [6.07, 6.45) is 0.218. The minimum absolute atomic E-state index is 0.0188. The van der Waals surface area contributed by atoms with Crippen LogP contribution < -0.4 is 4.90 Å². The molecule has 0 spiro atoms. The number of aliphatic hydroxyl groups is 1. The van der Waals surface area contributed by atoms with Crippen molar-refractivity contribution >= 4 is 40.5 Å². The Morgan fingerprint density at radius 1 is 1.03 bits per heavy atom. The molecule has 162 valence electrons. The fourth-order valence-corrected chi connectivity index (χ4v) is 3.02. The van der Waals surface area contributed by atoms with Gasteiger partial charge >= 0.3 is 17.9 Å². The lowest BCUT2D eigenvalue weighted by Crippen LogP contribution is -2.35. The van der Waals surface area contributed by atoms with Crippen LogP contribution in [0.3, 0.4) is 0 Å². The van der Waals surface area contributed by atoms with Crippen LogP contribution in [0.15, 0.2) is 0 Å². The van der Waals surface area contributed by atoms with Gasteiger partial charge in [-0.1, -0.05) is 13.8 Å². The van der Waals surface area contributed by atoms with Crippen molar-refractivity contribution in [3.05, 3.63) is 16.0 Å². The van der Waals surface area contributed by atoms with Gasteiger partial charge in [0.05, 0.1) is 38.2 Å². The molecule has 0 unspecified atom stereocenters. The molecule has 0 saturated carbocycles. The van der Waals surface area contributed by atoms with E-state index in [9.17, 15) is 24.4 Å². The highest BCUT2D eigenvalue weighted by molar-refractivity contribution is 7.18. The number of hydrogen-bond acceptors (Lipinski definition) is 11. The normalized spacial score (nSPS) is 8.76. The number of thiophene rings is 1. The minimum Gasteiger partial charge on any atom is -0.469 e. The minimum atomic E-state index is -0.650. The molecule has 0 radical (unpaired) electrons. The van der Waals surface area contributed by atoms with Crippen LogP contribution in [0.2, 0.25) is 0 Å². The van der Waals surface area contributed by atoms with Gasteiger partial charge in [-0.15, -0.1) is 11.3 Å². The summed E-state index contributed by atoms with van der Waals surface area (Å²) in [4.78, 5) is 47.5. The second-order valence-corrected chi connectivity index (χ2v) is 5.65. The number of esters is 3. The van der Waals surface area contributed by atoms with Crippen LogP contribution >= 0.6 is 11.3 Å². The largest absolute Gasteiger partial charge is 0.469 e. The van der Waals surface area contributed by atoms with Crippen molar-refractivity contribution in [1.29, 1.82) is 5.26 Å². The first-order valence-corrected chi connectivity index (χ1v) is 9.14. The Morgan fingerprint density at radius 2 is 1.48 bits per heavy atom. The number of aliphatic hydroxyl groups excluding tert-OH is 1. The summed E-state index contributed by atoms with van der Waals surface area (Å²) in [5.41, 5.74) is 0.203. The molecule has 0 amide bonds. The van der Waals surface area contributed by atoms with E-state index >= 15 is 0 Å². The smallest absolute Gasteiger partial charge is 0.325 e. The number of nitriles is 1. The Kier molecular flexibility index (Phi) is 15.6. The Bertz CT molecular complexity index is 706. The molecular weight excluding hydrogens is 404 g/mol. The van der Waals surface area contributed by atoms with Crippen LogP contribution in [0.1, 0.15) is 34.6 Å². The molecule has 1 aromatic heterocycles. The highest BCUT2D eigenvalue weighted by Crippen LogP contribution is 2.35. The van der Waals surface area contributed by atoms with Crippen LogP contribution in [0.4, 0.5) is 5.00 Å². The number of rotatable bonds is 8. The first-order chi connectivity index (χ1) is 13.9. The highest BCUT2D eigenvalue weighted by atomic mass is 32.1. The summed E-state index contributed by atoms with van der Waals surface area (Å²) >= 11 is 0.888. The predicted molar refractivity (Wildman–Crippen MR) is 106 cm³/mol. The van der Waals surface area contributed by atoms with Crippen molar-refractivity contribution in [2.45, 2.75) is 20.3 Å². The van der Waals surface area contributed by atoms with Crippen LogP contribution in [0, 0.1) is 11.3 Å². The topological polar surface area (TPSA) is 143 Å². The first-order valence-electron chi connectivity index (χ1n) is 8.32. The van der Waals surface area contributed by atoms with Crippen molar-refractivity contribution in [3.63, 3.8) is 0 Å². The van der Waals surface area contributed by atoms with E-state index in [1.807, 2.05) is 19.9 Å². The number of hydrogen-bond donors (Lipinski definition) is 1. The standard InChI is InChI=1S/C15H16N2O7S.C2H6.CH4O/c1-22-12(19)4-9-10(5-16)15(25-11(9)8-18)17(6-13(20)23-2)7-14(21)24-3;2*1-2/h8H,4,6-7H2,1-3H3;1-2H3;2H,1H3. The molecular formula is C18H26N2O8S. The van der Waals surface area contributed by atoms with Gasteiger partial charge in [0.1, 0.15) is 24.2 Å². The van der Waals surface area contributed by atoms with Gasteiger partial charge in [-0.05, 0) is 0 Å². The third-order valence-corrected chi connectivity index (χ3v) is 4.39. The van der Waals surface area contributed by atoms with Gasteiger partial charge in [0.25, 0.3) is 0 Å². The van der Waals surface area contributed by atoms with Crippen LogP contribution in [-0.2, 0) is 35.0 Å². The maximum absolute atomic E-state index is 11.6. The summed E-state index contributed by atoms with van der Waals surface area (Å²) in [7, 11) is 4.54. The third kappa shape index (κ3) is 8.71. The van der Waals surface area contributed by atoms with E-state index in [2.05, 4.69) is 14.2 Å². The van der Waals surface area contributed by atoms with Crippen LogP contribution in [0.25, 0.3) is 0 Å². The first kappa shape index (κ1) is 28.2. The zero-order valence-corrected chi connectivity index (χ0v) is 18.1. The SMILES string of the molecule is CC.CO.COC(=O)Cc1c(C=O)sc(N(CC(=O)OC)CC(=O)OC)c1C#N. The summed E-state index contributed by atoms with van der Waals surface area (Å²) < 4.78 is 13.7. The fraction of sp³-hybridized carbons (Fsp3) is 0.500. The molecule has 0 aliphatic rings. The third-order valence-electron chi connectivity index (χ3n) is 3.17. The maximum Gasteiger partial charge on any atom is 0.325 e. The lowest BCUT2D eigenvalue weighted by atomic mass is 10.1. The van der Waals surface area contributed by atoms with E-state index in [0.29, 0.717) is 6.29 Å². The highest BCUT2D eigenvalue weighted by Gasteiger charge is 2.26. The van der Waals surface area contributed by atoms with E-state index < -0.39 is 17.9 Å². The molecule has 1 aromatic rings. The number of aldehydes is 1. The molecule has 0 aliphatic heterocycles. The van der Waals surface area contributed by atoms with Crippen molar-refractivity contribution in [3.8, 4) is 6.07 Å². The Labute approximate surface area is 173 Å². The number of carbonyl (C=O) groups excluding carboxylic acids is 4. The molecule has 0 saturated heterocycles. The van der Waals surface area contributed by atoms with E-state index in [4.69, 9.17) is 5.11 Å². The average molecular weight is 430 g/mol. The summed E-state index contributed by atoms with van der Waals surface area (Å²) in [6, 6.07) is 1.91. The Morgan fingerprint density at radius 3 is 1.83 bits per heavy atom. The second kappa shape index (κ2) is 16.0. The zero-order chi connectivity index (χ0) is 23.0. The van der Waals surface area contributed by atoms with Gasteiger partial charge in [-0.25, -0.2) is 0 Å². The van der Waals surface area contributed by atoms with Crippen molar-refractivity contribution < 1.29 is 38.5 Å². The Hall–Kier alpha value is -2.97. The van der Waals surface area contributed by atoms with Crippen molar-refractivity contribution in [1.82, 2.24) is 0 Å². The Balaban J connectivity index is 0. The molecule has 0 bridgehead atoms. The van der Waals surface area contributed by atoms with Crippen LogP contribution in [0.5, 0.6) is 0 Å². The molecule has 1 N–H and O–H groups in total. The van der Waals surface area contributed by atoms with Gasteiger partial charge < -0.3 is 24.2 Å². The number of carbonyl (C=O) groups is 4. The van der Waals surface area contributed by atoms with E-state index in [1.54, 1.807) is 0 Å². The van der Waals surface area contributed by atoms with Crippen LogP contribution in [-0.4, -0.2) is 70.8 Å². The van der Waals surface area contributed by atoms with Gasteiger partial charge in [-0.2, -0.15) is 5.26 Å². The molecule has 11 heteroatoms. The van der Waals surface area contributed by atoms with Gasteiger partial charge in [0.2, 0.25) is 0 Å². The molecule has 0 aromatic carbocycles. The average Bonchev–Trinajstić information content (AvgIpc) is 3.12. The molecule has 29 heavy (non-hydrogen) atoms. The molecule has 0 fully saturated rings. The van der Waals surface area contributed by atoms with Gasteiger partial charge in [0.15, 0.2) is 6.29 Å². The quantitative estimate of drug-likeness (QED) is 0.359. The monoisotopic (exact) mass is 430 g/mol. The van der Waals surface area contributed by atoms with Gasteiger partial charge in [0, 0.05) is 12.7 Å². The summed E-state index contributed by atoms with van der Waals surface area (Å²) in [6.45, 7) is 3.33. The molecule has 0 aliphatic carbocycles. The number of methoxy groups -OCH3 is 3. The van der Waals surface area contributed by atoms with Gasteiger partial charge in [-0.3, -0.25) is 19.2 Å². The second-order valence-electron chi connectivity index (χ2n) is 4.62. The fourth-order valence-electron chi connectivity index (χ4n) is 1.93. The van der Waals surface area contributed by atoms with Crippen molar-refractivity contribution in [2.75, 3.05) is 46.4 Å². The van der Waals surface area contributed by atoms with E-state index in [-0.39, 0.29) is 40.5 Å². The lowest BCUT2D eigenvalue weighted by Gasteiger charge is -2.20. The number of anilines is 1. The van der Waals surface area contributed by atoms with E-state index in [1.165, 1.54) is 26.2 Å². The summed E-state index contributed by atoms with van der Waals surface area (Å²) in [5, 5.41) is 16.6.